The molecule has 0 aliphatic rings. The molecule has 0 unspecified atom stereocenters. The summed E-state index contributed by atoms with van der Waals surface area (Å²) in [5, 5.41) is 1.70. The lowest BCUT2D eigenvalue weighted by Gasteiger charge is -2.07. The summed E-state index contributed by atoms with van der Waals surface area (Å²) in [6.07, 6.45) is 3.51. The van der Waals surface area contributed by atoms with Gasteiger partial charge in [-0.25, -0.2) is 0 Å². The average molecular weight is 244 g/mol. The molecule has 0 N–H and O–H groups in total. The maximum atomic E-state index is 11.4. The van der Waals surface area contributed by atoms with Crippen molar-refractivity contribution in [3.8, 4) is 5.75 Å². The number of hydrogen-bond donors (Lipinski definition) is 0. The lowest BCUT2D eigenvalue weighted by molar-refractivity contribution is -0.116. The third kappa shape index (κ3) is 1.42. The van der Waals surface area contributed by atoms with Crippen LogP contribution in [0.2, 0.25) is 0 Å². The van der Waals surface area contributed by atoms with E-state index in [-0.39, 0.29) is 5.78 Å². The zero-order valence-corrected chi connectivity index (χ0v) is 10.1. The lowest BCUT2D eigenvalue weighted by Crippen LogP contribution is -1.98. The standard InChI is InChI=1S/C14H12O4/c1-8(15)7-11-9-3-5-18-14(9)13(16-2)10-4-6-17-12(10)11/h3-6H,7H2,1-2H3. The normalized spacial score (nSPS) is 11.2. The summed E-state index contributed by atoms with van der Waals surface area (Å²) in [7, 11) is 1.59. The molecular weight excluding hydrogens is 232 g/mol. The fraction of sp³-hybridized carbons (Fsp3) is 0.214. The van der Waals surface area contributed by atoms with Gasteiger partial charge in [-0.15, -0.1) is 0 Å². The first-order valence-electron chi connectivity index (χ1n) is 5.65. The average Bonchev–Trinajstić information content (AvgIpc) is 2.96. The fourth-order valence-electron chi connectivity index (χ4n) is 2.32. The number of fused-ring (bicyclic) bond motifs is 2. The van der Waals surface area contributed by atoms with Crippen molar-refractivity contribution in [1.82, 2.24) is 0 Å². The second kappa shape index (κ2) is 3.91. The van der Waals surface area contributed by atoms with Gasteiger partial charge in [-0.05, 0) is 19.1 Å². The predicted octanol–water partition coefficient (Wildman–Crippen LogP) is 3.32. The molecule has 0 bridgehead atoms. The number of carbonyl (C=O) groups is 1. The van der Waals surface area contributed by atoms with Gasteiger partial charge in [0.05, 0.1) is 25.0 Å². The van der Waals surface area contributed by atoms with Crippen LogP contribution in [0, 0.1) is 0 Å². The highest BCUT2D eigenvalue weighted by Gasteiger charge is 2.19. The zero-order valence-electron chi connectivity index (χ0n) is 10.1. The molecule has 4 heteroatoms. The van der Waals surface area contributed by atoms with Gasteiger partial charge < -0.3 is 13.6 Å². The molecule has 92 valence electrons. The van der Waals surface area contributed by atoms with Crippen molar-refractivity contribution in [3.05, 3.63) is 30.2 Å². The minimum atomic E-state index is 0.0837. The molecule has 3 rings (SSSR count). The lowest BCUT2D eigenvalue weighted by atomic mass is 10.0. The summed E-state index contributed by atoms with van der Waals surface area (Å²) in [6, 6.07) is 3.65. The molecular formula is C14H12O4. The molecule has 0 saturated carbocycles. The highest BCUT2D eigenvalue weighted by molar-refractivity contribution is 6.06. The number of furan rings is 2. The summed E-state index contributed by atoms with van der Waals surface area (Å²) >= 11 is 0. The molecule has 2 heterocycles. The van der Waals surface area contributed by atoms with Crippen LogP contribution in [0.15, 0.2) is 33.5 Å². The third-order valence-electron chi connectivity index (χ3n) is 3.01. The minimum absolute atomic E-state index is 0.0837. The summed E-state index contributed by atoms with van der Waals surface area (Å²) in [4.78, 5) is 11.4. The number of benzene rings is 1. The van der Waals surface area contributed by atoms with Crippen LogP contribution >= 0.6 is 0 Å². The van der Waals surface area contributed by atoms with Crippen LogP contribution < -0.4 is 4.74 Å². The Morgan fingerprint density at radius 2 is 1.83 bits per heavy atom. The summed E-state index contributed by atoms with van der Waals surface area (Å²) in [5.74, 6) is 0.728. The number of carbonyl (C=O) groups excluding carboxylic acids is 1. The molecule has 0 aliphatic heterocycles. The van der Waals surface area contributed by atoms with Gasteiger partial charge in [-0.1, -0.05) is 0 Å². The third-order valence-corrected chi connectivity index (χ3v) is 3.01. The molecule has 0 radical (unpaired) electrons. The SMILES string of the molecule is COc1c2ccoc2c(CC(C)=O)c2ccoc12. The number of ether oxygens (including phenoxy) is 1. The van der Waals surface area contributed by atoms with Crippen molar-refractivity contribution in [2.75, 3.05) is 7.11 Å². The predicted molar refractivity (Wildman–Crippen MR) is 66.9 cm³/mol. The summed E-state index contributed by atoms with van der Waals surface area (Å²) in [6.45, 7) is 1.56. The first kappa shape index (κ1) is 10.9. The topological polar surface area (TPSA) is 52.6 Å². The summed E-state index contributed by atoms with van der Waals surface area (Å²) < 4.78 is 16.3. The van der Waals surface area contributed by atoms with Crippen molar-refractivity contribution in [3.63, 3.8) is 0 Å². The Balaban J connectivity index is 2.46. The van der Waals surface area contributed by atoms with Gasteiger partial charge in [0.25, 0.3) is 0 Å². The Morgan fingerprint density at radius 3 is 2.50 bits per heavy atom. The van der Waals surface area contributed by atoms with Gasteiger partial charge in [0.15, 0.2) is 11.3 Å². The van der Waals surface area contributed by atoms with Crippen molar-refractivity contribution < 1.29 is 18.4 Å². The Kier molecular flexibility index (Phi) is 2.37. The monoisotopic (exact) mass is 244 g/mol. The van der Waals surface area contributed by atoms with E-state index in [1.54, 1.807) is 26.6 Å². The van der Waals surface area contributed by atoms with Crippen LogP contribution in [0.5, 0.6) is 5.75 Å². The van der Waals surface area contributed by atoms with Crippen LogP contribution in [0.1, 0.15) is 12.5 Å². The van der Waals surface area contributed by atoms with Crippen molar-refractivity contribution in [1.29, 1.82) is 0 Å². The van der Waals surface area contributed by atoms with Crippen molar-refractivity contribution >= 4 is 27.7 Å². The largest absolute Gasteiger partial charge is 0.492 e. The summed E-state index contributed by atoms with van der Waals surface area (Å²) in [5.41, 5.74) is 2.20. The van der Waals surface area contributed by atoms with Crippen LogP contribution in [-0.4, -0.2) is 12.9 Å². The number of hydrogen-bond acceptors (Lipinski definition) is 4. The molecule has 0 amide bonds. The zero-order chi connectivity index (χ0) is 12.7. The molecule has 2 aromatic heterocycles. The molecule has 0 atom stereocenters. The quantitative estimate of drug-likeness (QED) is 0.709. The number of Topliss-reactive ketones (excluding diaryl/α,β-unsaturated/α-hetero) is 1. The van der Waals surface area contributed by atoms with Gasteiger partial charge in [-0.3, -0.25) is 4.79 Å². The Labute approximate surface area is 103 Å². The van der Waals surface area contributed by atoms with E-state index in [1.165, 1.54) is 0 Å². The molecule has 0 aliphatic carbocycles. The van der Waals surface area contributed by atoms with Crippen molar-refractivity contribution in [2.45, 2.75) is 13.3 Å². The van der Waals surface area contributed by atoms with E-state index in [0.717, 1.165) is 16.3 Å². The number of rotatable bonds is 3. The maximum absolute atomic E-state index is 11.4. The molecule has 4 nitrogen and oxygen atoms in total. The highest BCUT2D eigenvalue weighted by atomic mass is 16.5. The highest BCUT2D eigenvalue weighted by Crippen LogP contribution is 2.39. The number of ketones is 1. The first-order chi connectivity index (χ1) is 8.72. The maximum Gasteiger partial charge on any atom is 0.176 e. The molecule has 0 fully saturated rings. The van der Waals surface area contributed by atoms with E-state index in [2.05, 4.69) is 0 Å². The van der Waals surface area contributed by atoms with E-state index in [1.807, 2.05) is 12.1 Å². The smallest absolute Gasteiger partial charge is 0.176 e. The van der Waals surface area contributed by atoms with Gasteiger partial charge in [0, 0.05) is 17.4 Å². The van der Waals surface area contributed by atoms with Gasteiger partial charge >= 0.3 is 0 Å². The van der Waals surface area contributed by atoms with Crippen molar-refractivity contribution in [2.24, 2.45) is 0 Å². The number of methoxy groups -OCH3 is 1. The van der Waals surface area contributed by atoms with E-state index in [0.29, 0.717) is 23.3 Å². The molecule has 3 aromatic rings. The Morgan fingerprint density at radius 1 is 1.17 bits per heavy atom. The van der Waals surface area contributed by atoms with Crippen LogP contribution in [0.25, 0.3) is 21.9 Å². The van der Waals surface area contributed by atoms with E-state index >= 15 is 0 Å². The van der Waals surface area contributed by atoms with Crippen LogP contribution in [0.3, 0.4) is 0 Å². The second-order valence-electron chi connectivity index (χ2n) is 4.22. The Bertz CT molecular complexity index is 681. The molecule has 0 spiro atoms. The molecule has 0 saturated heterocycles. The van der Waals surface area contributed by atoms with Crippen LogP contribution in [-0.2, 0) is 11.2 Å². The van der Waals surface area contributed by atoms with E-state index in [4.69, 9.17) is 13.6 Å². The minimum Gasteiger partial charge on any atom is -0.492 e. The van der Waals surface area contributed by atoms with Crippen LogP contribution in [0.4, 0.5) is 0 Å². The molecule has 1 aromatic carbocycles. The van der Waals surface area contributed by atoms with Gasteiger partial charge in [0.1, 0.15) is 11.4 Å². The van der Waals surface area contributed by atoms with E-state index < -0.39 is 0 Å². The van der Waals surface area contributed by atoms with Gasteiger partial charge in [-0.2, -0.15) is 0 Å². The molecule has 18 heavy (non-hydrogen) atoms. The van der Waals surface area contributed by atoms with E-state index in [9.17, 15) is 4.79 Å². The first-order valence-corrected chi connectivity index (χ1v) is 5.65. The second-order valence-corrected chi connectivity index (χ2v) is 4.22. The van der Waals surface area contributed by atoms with Gasteiger partial charge in [0.2, 0.25) is 0 Å². The Hall–Kier alpha value is -2.23. The fourth-order valence-corrected chi connectivity index (χ4v) is 2.32.